The fourth-order valence-electron chi connectivity index (χ4n) is 2.37. The SMILES string of the molecule is CC(C)N(Cc1cnco1)C(=O)c1cc2cccc(Cl)c2[nH]1. The summed E-state index contributed by atoms with van der Waals surface area (Å²) in [5, 5.41) is 1.52. The van der Waals surface area contributed by atoms with Gasteiger partial charge in [-0.3, -0.25) is 4.79 Å². The van der Waals surface area contributed by atoms with Crippen molar-refractivity contribution in [2.75, 3.05) is 0 Å². The van der Waals surface area contributed by atoms with Crippen LogP contribution in [-0.4, -0.2) is 26.8 Å². The van der Waals surface area contributed by atoms with Crippen molar-refractivity contribution in [2.45, 2.75) is 26.4 Å². The molecule has 0 bridgehead atoms. The highest BCUT2D eigenvalue weighted by molar-refractivity contribution is 6.35. The molecule has 0 fully saturated rings. The van der Waals surface area contributed by atoms with E-state index in [-0.39, 0.29) is 11.9 Å². The molecule has 3 aromatic rings. The second kappa shape index (κ2) is 5.85. The molecule has 0 spiro atoms. The molecule has 1 amide bonds. The third kappa shape index (κ3) is 2.72. The van der Waals surface area contributed by atoms with Gasteiger partial charge in [0.05, 0.1) is 23.3 Å². The summed E-state index contributed by atoms with van der Waals surface area (Å²) in [6.45, 7) is 4.30. The van der Waals surface area contributed by atoms with Crippen LogP contribution in [0.1, 0.15) is 30.1 Å². The van der Waals surface area contributed by atoms with E-state index in [1.807, 2.05) is 32.0 Å². The zero-order valence-electron chi connectivity index (χ0n) is 12.3. The summed E-state index contributed by atoms with van der Waals surface area (Å²) < 4.78 is 5.24. The summed E-state index contributed by atoms with van der Waals surface area (Å²) in [5.74, 6) is 0.551. The highest BCUT2D eigenvalue weighted by Crippen LogP contribution is 2.24. The second-order valence-corrected chi connectivity index (χ2v) is 5.79. The van der Waals surface area contributed by atoms with Gasteiger partial charge in [-0.2, -0.15) is 0 Å². The predicted molar refractivity (Wildman–Crippen MR) is 84.8 cm³/mol. The summed E-state index contributed by atoms with van der Waals surface area (Å²) in [6.07, 6.45) is 2.98. The number of hydrogen-bond acceptors (Lipinski definition) is 3. The average Bonchev–Trinajstić information content (AvgIpc) is 3.13. The lowest BCUT2D eigenvalue weighted by Gasteiger charge is -2.25. The number of hydrogen-bond donors (Lipinski definition) is 1. The monoisotopic (exact) mass is 317 g/mol. The van der Waals surface area contributed by atoms with E-state index < -0.39 is 0 Å². The molecule has 0 aliphatic rings. The summed E-state index contributed by atoms with van der Waals surface area (Å²) in [6, 6.07) is 7.42. The van der Waals surface area contributed by atoms with Crippen LogP contribution in [0.25, 0.3) is 10.9 Å². The van der Waals surface area contributed by atoms with Crippen LogP contribution in [0.4, 0.5) is 0 Å². The normalized spacial score (nSPS) is 11.3. The Kier molecular flexibility index (Phi) is 3.90. The van der Waals surface area contributed by atoms with Gasteiger partial charge in [0.15, 0.2) is 6.39 Å². The van der Waals surface area contributed by atoms with Crippen LogP contribution in [0.3, 0.4) is 0 Å². The molecule has 1 N–H and O–H groups in total. The van der Waals surface area contributed by atoms with Crippen molar-refractivity contribution >= 4 is 28.4 Å². The van der Waals surface area contributed by atoms with Gasteiger partial charge < -0.3 is 14.3 Å². The van der Waals surface area contributed by atoms with Crippen molar-refractivity contribution in [3.63, 3.8) is 0 Å². The van der Waals surface area contributed by atoms with Crippen molar-refractivity contribution in [2.24, 2.45) is 0 Å². The predicted octanol–water partition coefficient (Wildman–Crippen LogP) is 3.86. The van der Waals surface area contributed by atoms with Gasteiger partial charge in [0, 0.05) is 11.4 Å². The van der Waals surface area contributed by atoms with Gasteiger partial charge in [-0.15, -0.1) is 0 Å². The molecule has 22 heavy (non-hydrogen) atoms. The molecule has 0 radical (unpaired) electrons. The molecular formula is C16H16ClN3O2. The van der Waals surface area contributed by atoms with Gasteiger partial charge in [-0.1, -0.05) is 23.7 Å². The van der Waals surface area contributed by atoms with Crippen molar-refractivity contribution in [3.05, 3.63) is 53.3 Å². The van der Waals surface area contributed by atoms with E-state index in [9.17, 15) is 4.79 Å². The fourth-order valence-corrected chi connectivity index (χ4v) is 2.60. The third-order valence-electron chi connectivity index (χ3n) is 3.53. The largest absolute Gasteiger partial charge is 0.447 e. The van der Waals surface area contributed by atoms with E-state index in [2.05, 4.69) is 9.97 Å². The van der Waals surface area contributed by atoms with Crippen molar-refractivity contribution in [1.29, 1.82) is 0 Å². The van der Waals surface area contributed by atoms with Gasteiger partial charge in [-0.05, 0) is 26.0 Å². The highest BCUT2D eigenvalue weighted by atomic mass is 35.5. The number of oxazole rings is 1. The van der Waals surface area contributed by atoms with Crippen LogP contribution in [0, 0.1) is 0 Å². The van der Waals surface area contributed by atoms with Crippen LogP contribution in [0.15, 0.2) is 41.3 Å². The molecule has 5 nitrogen and oxygen atoms in total. The standard InChI is InChI=1S/C16H16ClN3O2/c1-10(2)20(8-12-7-18-9-22-12)16(21)14-6-11-4-3-5-13(17)15(11)19-14/h3-7,9-10,19H,8H2,1-2H3. The molecule has 6 heteroatoms. The number of amides is 1. The number of rotatable bonds is 4. The van der Waals surface area contributed by atoms with Crippen molar-refractivity contribution in [3.8, 4) is 0 Å². The molecule has 3 rings (SSSR count). The number of nitrogens with one attached hydrogen (secondary N) is 1. The molecule has 2 heterocycles. The summed E-state index contributed by atoms with van der Waals surface area (Å²) in [4.78, 5) is 21.5. The summed E-state index contributed by atoms with van der Waals surface area (Å²) in [7, 11) is 0. The van der Waals surface area contributed by atoms with Crippen LogP contribution < -0.4 is 0 Å². The number of carbonyl (C=O) groups excluding carboxylic acids is 1. The molecule has 0 saturated heterocycles. The number of benzene rings is 1. The number of H-pyrrole nitrogens is 1. The first-order chi connectivity index (χ1) is 10.6. The van der Waals surface area contributed by atoms with Crippen LogP contribution >= 0.6 is 11.6 Å². The smallest absolute Gasteiger partial charge is 0.270 e. The maximum Gasteiger partial charge on any atom is 0.270 e. The number of aromatic nitrogens is 2. The minimum absolute atomic E-state index is 0.0273. The first kappa shape index (κ1) is 14.7. The first-order valence-electron chi connectivity index (χ1n) is 7.02. The molecular weight excluding hydrogens is 302 g/mol. The molecule has 0 aliphatic heterocycles. The van der Waals surface area contributed by atoms with E-state index in [0.717, 1.165) is 10.9 Å². The fraction of sp³-hybridized carbons (Fsp3) is 0.250. The Balaban J connectivity index is 1.93. The van der Waals surface area contributed by atoms with Crippen molar-refractivity contribution < 1.29 is 9.21 Å². The number of aromatic amines is 1. The number of nitrogens with zero attached hydrogens (tertiary/aromatic N) is 2. The van der Waals surface area contributed by atoms with Gasteiger partial charge in [-0.25, -0.2) is 4.98 Å². The number of para-hydroxylation sites is 1. The quantitative estimate of drug-likeness (QED) is 0.794. The first-order valence-corrected chi connectivity index (χ1v) is 7.39. The van der Waals surface area contributed by atoms with Gasteiger partial charge >= 0.3 is 0 Å². The lowest BCUT2D eigenvalue weighted by atomic mass is 10.2. The topological polar surface area (TPSA) is 62.1 Å². The lowest BCUT2D eigenvalue weighted by Crippen LogP contribution is -2.36. The highest BCUT2D eigenvalue weighted by Gasteiger charge is 2.22. The Morgan fingerprint density at radius 1 is 1.45 bits per heavy atom. The summed E-state index contributed by atoms with van der Waals surface area (Å²) >= 11 is 6.15. The molecule has 1 aromatic carbocycles. The van der Waals surface area contributed by atoms with E-state index in [1.165, 1.54) is 6.39 Å². The molecule has 114 valence electrons. The Hall–Kier alpha value is -2.27. The van der Waals surface area contributed by atoms with E-state index in [1.54, 1.807) is 17.2 Å². The average molecular weight is 318 g/mol. The van der Waals surface area contributed by atoms with Crippen molar-refractivity contribution in [1.82, 2.24) is 14.9 Å². The van der Waals surface area contributed by atoms with Gasteiger partial charge in [0.2, 0.25) is 0 Å². The second-order valence-electron chi connectivity index (χ2n) is 5.38. The minimum atomic E-state index is -0.0985. The number of halogens is 1. The third-order valence-corrected chi connectivity index (χ3v) is 3.84. The maximum absolute atomic E-state index is 12.8. The Bertz CT molecular complexity index is 793. The molecule has 0 saturated carbocycles. The van der Waals surface area contributed by atoms with Crippen LogP contribution in [-0.2, 0) is 6.54 Å². The minimum Gasteiger partial charge on any atom is -0.447 e. The molecule has 2 aromatic heterocycles. The van der Waals surface area contributed by atoms with Crippen LogP contribution in [0.2, 0.25) is 5.02 Å². The van der Waals surface area contributed by atoms with Crippen LogP contribution in [0.5, 0.6) is 0 Å². The lowest BCUT2D eigenvalue weighted by molar-refractivity contribution is 0.0671. The van der Waals surface area contributed by atoms with E-state index in [4.69, 9.17) is 16.0 Å². The summed E-state index contributed by atoms with van der Waals surface area (Å²) in [5.41, 5.74) is 1.28. The zero-order chi connectivity index (χ0) is 15.7. The maximum atomic E-state index is 12.8. The molecule has 0 atom stereocenters. The molecule has 0 aliphatic carbocycles. The number of carbonyl (C=O) groups is 1. The Morgan fingerprint density at radius 2 is 2.27 bits per heavy atom. The zero-order valence-corrected chi connectivity index (χ0v) is 13.1. The van der Waals surface area contributed by atoms with E-state index in [0.29, 0.717) is 23.0 Å². The Morgan fingerprint density at radius 3 is 2.91 bits per heavy atom. The van der Waals surface area contributed by atoms with E-state index >= 15 is 0 Å². The number of fused-ring (bicyclic) bond motifs is 1. The Labute approximate surface area is 132 Å². The molecule has 0 unspecified atom stereocenters. The van der Waals surface area contributed by atoms with Gasteiger partial charge in [0.25, 0.3) is 5.91 Å². The van der Waals surface area contributed by atoms with Gasteiger partial charge in [0.1, 0.15) is 11.5 Å².